The second-order valence-corrected chi connectivity index (χ2v) is 5.46. The molecule has 1 amide bonds. The van der Waals surface area contributed by atoms with Crippen molar-refractivity contribution in [3.05, 3.63) is 28.8 Å². The molecule has 8 heteroatoms. The van der Waals surface area contributed by atoms with Gasteiger partial charge >= 0.3 is 6.18 Å². The normalized spacial score (nSPS) is 19.1. The third kappa shape index (κ3) is 2.57. The Morgan fingerprint density at radius 3 is 2.48 bits per heavy atom. The summed E-state index contributed by atoms with van der Waals surface area (Å²) in [6.45, 7) is 1.81. The number of fused-ring (bicyclic) bond motifs is 1. The molecule has 2 aliphatic heterocycles. The lowest BCUT2D eigenvalue weighted by Crippen LogP contribution is -2.36. The van der Waals surface area contributed by atoms with Crippen molar-refractivity contribution in [2.75, 3.05) is 31.2 Å². The van der Waals surface area contributed by atoms with Crippen LogP contribution in [0.25, 0.3) is 0 Å². The molecule has 21 heavy (non-hydrogen) atoms. The molecule has 0 bridgehead atoms. The summed E-state index contributed by atoms with van der Waals surface area (Å²) in [6.07, 6.45) is -4.49. The first-order valence-electron chi connectivity index (χ1n) is 6.45. The van der Waals surface area contributed by atoms with Crippen LogP contribution in [0.1, 0.15) is 21.5 Å². The zero-order valence-corrected chi connectivity index (χ0v) is 11.9. The lowest BCUT2D eigenvalue weighted by atomic mass is 10.0. The zero-order chi connectivity index (χ0) is 15.2. The summed E-state index contributed by atoms with van der Waals surface area (Å²) in [7, 11) is 0. The van der Waals surface area contributed by atoms with Gasteiger partial charge in [-0.25, -0.2) is 0 Å². The van der Waals surface area contributed by atoms with E-state index in [0.29, 0.717) is 32.0 Å². The van der Waals surface area contributed by atoms with Crippen molar-refractivity contribution in [2.45, 2.75) is 12.7 Å². The summed E-state index contributed by atoms with van der Waals surface area (Å²) in [5, 5.41) is 0. The lowest BCUT2D eigenvalue weighted by Gasteiger charge is -2.29. The maximum atomic E-state index is 13.2. The fourth-order valence-electron chi connectivity index (χ4n) is 2.64. The van der Waals surface area contributed by atoms with Crippen LogP contribution in [0.4, 0.5) is 18.9 Å². The van der Waals surface area contributed by atoms with E-state index in [1.807, 2.05) is 0 Å². The van der Waals surface area contributed by atoms with Crippen LogP contribution >= 0.6 is 12.8 Å². The van der Waals surface area contributed by atoms with Crippen LogP contribution in [-0.4, -0.2) is 36.5 Å². The van der Waals surface area contributed by atoms with Crippen LogP contribution in [-0.2, 0) is 17.5 Å². The number of benzene rings is 1. The molecule has 0 atom stereocenters. The van der Waals surface area contributed by atoms with Crippen LogP contribution in [0.15, 0.2) is 12.1 Å². The van der Waals surface area contributed by atoms with Gasteiger partial charge in [0.2, 0.25) is 0 Å². The molecular weight excluding hydrogens is 305 g/mol. The number of rotatable bonds is 1. The van der Waals surface area contributed by atoms with Gasteiger partial charge in [-0.2, -0.15) is 13.2 Å². The zero-order valence-electron chi connectivity index (χ0n) is 11.0. The molecule has 0 saturated carbocycles. The van der Waals surface area contributed by atoms with Crippen molar-refractivity contribution in [3.63, 3.8) is 0 Å². The molecule has 1 saturated heterocycles. The van der Waals surface area contributed by atoms with Crippen LogP contribution in [0.5, 0.6) is 0 Å². The van der Waals surface area contributed by atoms with Gasteiger partial charge in [0, 0.05) is 24.3 Å². The minimum absolute atomic E-state index is 0.000454. The van der Waals surface area contributed by atoms with Gasteiger partial charge in [-0.05, 0) is 17.7 Å². The smallest absolute Gasteiger partial charge is 0.378 e. The molecule has 0 aliphatic carbocycles. The molecule has 0 N–H and O–H groups in total. The number of amides is 1. The third-order valence-corrected chi connectivity index (χ3v) is 4.01. The number of thiol groups is 1. The van der Waals surface area contributed by atoms with Crippen molar-refractivity contribution in [3.8, 4) is 0 Å². The molecule has 0 spiro atoms. The number of ether oxygens (including phenoxy) is 1. The Kier molecular flexibility index (Phi) is 3.53. The molecule has 1 aromatic carbocycles. The number of carbonyl (C=O) groups is 1. The Morgan fingerprint density at radius 1 is 1.19 bits per heavy atom. The van der Waals surface area contributed by atoms with Crippen LogP contribution in [0.3, 0.4) is 0 Å². The van der Waals surface area contributed by atoms with E-state index in [1.54, 1.807) is 4.90 Å². The second kappa shape index (κ2) is 5.10. The maximum absolute atomic E-state index is 13.2. The summed E-state index contributed by atoms with van der Waals surface area (Å²) in [5.41, 5.74) is -0.270. The van der Waals surface area contributed by atoms with Crippen molar-refractivity contribution in [2.24, 2.45) is 0 Å². The van der Waals surface area contributed by atoms with Gasteiger partial charge in [0.25, 0.3) is 5.91 Å². The summed E-state index contributed by atoms with van der Waals surface area (Å²) in [4.78, 5) is 13.7. The van der Waals surface area contributed by atoms with Crippen LogP contribution < -0.4 is 4.90 Å². The van der Waals surface area contributed by atoms with Crippen LogP contribution in [0.2, 0.25) is 0 Å². The Balaban J connectivity index is 2.10. The summed E-state index contributed by atoms with van der Waals surface area (Å²) in [6, 6.07) is 2.64. The quantitative estimate of drug-likeness (QED) is 0.807. The number of hydrogen-bond donors (Lipinski definition) is 1. The number of anilines is 1. The minimum Gasteiger partial charge on any atom is -0.378 e. The predicted molar refractivity (Wildman–Crippen MR) is 73.3 cm³/mol. The fraction of sp³-hybridized carbons (Fsp3) is 0.462. The molecule has 0 radical (unpaired) electrons. The van der Waals surface area contributed by atoms with Gasteiger partial charge in [0.05, 0.1) is 25.3 Å². The van der Waals surface area contributed by atoms with E-state index >= 15 is 0 Å². The van der Waals surface area contributed by atoms with E-state index in [1.165, 1.54) is 6.07 Å². The first-order chi connectivity index (χ1) is 9.88. The topological polar surface area (TPSA) is 32.8 Å². The number of carbonyl (C=O) groups excluding carboxylic acids is 1. The minimum atomic E-state index is -4.49. The van der Waals surface area contributed by atoms with Gasteiger partial charge in [-0.15, -0.1) is 0 Å². The Hall–Kier alpha value is -1.41. The van der Waals surface area contributed by atoms with Gasteiger partial charge < -0.3 is 9.64 Å². The van der Waals surface area contributed by atoms with Gasteiger partial charge in [0.15, 0.2) is 0 Å². The molecule has 0 aromatic heterocycles. The van der Waals surface area contributed by atoms with Gasteiger partial charge in [-0.1, -0.05) is 12.8 Å². The van der Waals surface area contributed by atoms with Crippen molar-refractivity contribution in [1.82, 2.24) is 4.31 Å². The SMILES string of the molecule is O=C1c2cc(N3CCOCC3)cc(C(F)(F)F)c2CN1S. The van der Waals surface area contributed by atoms with Crippen molar-refractivity contribution >= 4 is 24.4 Å². The maximum Gasteiger partial charge on any atom is 0.416 e. The van der Waals surface area contributed by atoms with Crippen molar-refractivity contribution in [1.29, 1.82) is 0 Å². The van der Waals surface area contributed by atoms with E-state index in [2.05, 4.69) is 12.8 Å². The van der Waals surface area contributed by atoms with E-state index in [0.717, 1.165) is 10.4 Å². The second-order valence-electron chi connectivity index (χ2n) is 4.98. The lowest BCUT2D eigenvalue weighted by molar-refractivity contribution is -0.138. The molecule has 3 rings (SSSR count). The van der Waals surface area contributed by atoms with Gasteiger partial charge in [0.1, 0.15) is 0 Å². The monoisotopic (exact) mass is 318 g/mol. The number of morpholine rings is 1. The van der Waals surface area contributed by atoms with E-state index in [4.69, 9.17) is 4.74 Å². The molecule has 1 aromatic rings. The molecule has 2 heterocycles. The van der Waals surface area contributed by atoms with E-state index in [-0.39, 0.29) is 17.7 Å². The van der Waals surface area contributed by atoms with Gasteiger partial charge in [-0.3, -0.25) is 9.10 Å². The highest BCUT2D eigenvalue weighted by Crippen LogP contribution is 2.40. The highest BCUT2D eigenvalue weighted by Gasteiger charge is 2.40. The summed E-state index contributed by atoms with van der Waals surface area (Å²) >= 11 is 3.92. The Bertz CT molecular complexity index is 586. The molecule has 2 aliphatic rings. The summed E-state index contributed by atoms with van der Waals surface area (Å²) < 4.78 is 45.9. The molecule has 0 unspecified atom stereocenters. The van der Waals surface area contributed by atoms with E-state index < -0.39 is 17.6 Å². The first-order valence-corrected chi connectivity index (χ1v) is 6.85. The largest absolute Gasteiger partial charge is 0.416 e. The standard InChI is InChI=1S/C13H13F3N2O2S/c14-13(15,16)11-6-8(17-1-3-20-4-2-17)5-9-10(11)7-18(21)12(9)19/h5-6,21H,1-4,7H2. The number of hydrogen-bond acceptors (Lipinski definition) is 4. The Morgan fingerprint density at radius 2 is 1.86 bits per heavy atom. The predicted octanol–water partition coefficient (Wildman–Crippen LogP) is 2.34. The number of alkyl halides is 3. The third-order valence-electron chi connectivity index (χ3n) is 3.69. The molecule has 4 nitrogen and oxygen atoms in total. The van der Waals surface area contributed by atoms with Crippen molar-refractivity contribution < 1.29 is 22.7 Å². The summed E-state index contributed by atoms with van der Waals surface area (Å²) in [5.74, 6) is -0.492. The molecule has 1 fully saturated rings. The molecule has 114 valence electrons. The van der Waals surface area contributed by atoms with Crippen LogP contribution in [0, 0.1) is 0 Å². The fourth-order valence-corrected chi connectivity index (χ4v) is 2.88. The first kappa shape index (κ1) is 14.5. The average molecular weight is 318 g/mol. The Labute approximate surface area is 125 Å². The molecular formula is C13H13F3N2O2S. The number of halogens is 3. The average Bonchev–Trinajstić information content (AvgIpc) is 2.73. The highest BCUT2D eigenvalue weighted by molar-refractivity contribution is 7.78. The number of nitrogens with zero attached hydrogens (tertiary/aromatic N) is 2. The van der Waals surface area contributed by atoms with E-state index in [9.17, 15) is 18.0 Å². The highest BCUT2D eigenvalue weighted by atomic mass is 32.1.